The molecule has 2 aromatic rings. The van der Waals surface area contributed by atoms with Gasteiger partial charge < -0.3 is 5.73 Å². The Balaban J connectivity index is 2.15. The Kier molecular flexibility index (Phi) is 4.96. The van der Waals surface area contributed by atoms with Crippen molar-refractivity contribution in [3.63, 3.8) is 0 Å². The lowest BCUT2D eigenvalue weighted by Crippen LogP contribution is -2.31. The predicted octanol–water partition coefficient (Wildman–Crippen LogP) is 3.28. The molecule has 0 amide bonds. The summed E-state index contributed by atoms with van der Waals surface area (Å²) >= 11 is 0. The highest BCUT2D eigenvalue weighted by Gasteiger charge is 2.20. The van der Waals surface area contributed by atoms with Crippen LogP contribution in [0.2, 0.25) is 0 Å². The molecule has 0 radical (unpaired) electrons. The molecule has 1 aromatic heterocycles. The number of nitrogens with two attached hydrogens (primary N) is 1. The molecule has 108 valence electrons. The van der Waals surface area contributed by atoms with Gasteiger partial charge in [0.25, 0.3) is 0 Å². The maximum Gasteiger partial charge on any atom is 0.0596 e. The lowest BCUT2D eigenvalue weighted by molar-refractivity contribution is 0.492. The first-order valence-electron chi connectivity index (χ1n) is 7.49. The Morgan fingerprint density at radius 1 is 1.20 bits per heavy atom. The van der Waals surface area contributed by atoms with Gasteiger partial charge in [0, 0.05) is 24.7 Å². The number of benzene rings is 1. The van der Waals surface area contributed by atoms with E-state index in [2.05, 4.69) is 60.0 Å². The van der Waals surface area contributed by atoms with Crippen molar-refractivity contribution in [2.75, 3.05) is 0 Å². The molecule has 0 saturated heterocycles. The monoisotopic (exact) mass is 271 g/mol. The third-order valence-corrected chi connectivity index (χ3v) is 3.91. The van der Waals surface area contributed by atoms with Crippen LogP contribution >= 0.6 is 0 Å². The molecule has 2 unspecified atom stereocenters. The maximum absolute atomic E-state index is 6.48. The van der Waals surface area contributed by atoms with Crippen molar-refractivity contribution in [2.45, 2.75) is 52.1 Å². The Bertz CT molecular complexity index is 530. The molecule has 0 aliphatic heterocycles. The van der Waals surface area contributed by atoms with Crippen LogP contribution in [0, 0.1) is 6.92 Å². The quantitative estimate of drug-likeness (QED) is 0.876. The van der Waals surface area contributed by atoms with Gasteiger partial charge in [-0.1, -0.05) is 37.3 Å². The van der Waals surface area contributed by atoms with Crippen LogP contribution in [0.5, 0.6) is 0 Å². The number of aryl methyl sites for hydroxylation is 2. The average Bonchev–Trinajstić information content (AvgIpc) is 2.80. The molecule has 3 nitrogen and oxygen atoms in total. The number of hydrogen-bond donors (Lipinski definition) is 1. The minimum Gasteiger partial charge on any atom is -0.327 e. The van der Waals surface area contributed by atoms with Crippen molar-refractivity contribution in [1.82, 2.24) is 9.78 Å². The van der Waals surface area contributed by atoms with Crippen LogP contribution in [0.15, 0.2) is 36.4 Å². The second-order valence-electron chi connectivity index (χ2n) is 5.39. The second-order valence-corrected chi connectivity index (χ2v) is 5.39. The molecule has 2 N–H and O–H groups in total. The number of rotatable bonds is 6. The highest BCUT2D eigenvalue weighted by Crippen LogP contribution is 2.24. The highest BCUT2D eigenvalue weighted by atomic mass is 15.3. The Morgan fingerprint density at radius 3 is 2.50 bits per heavy atom. The molecule has 1 aromatic carbocycles. The zero-order valence-electron chi connectivity index (χ0n) is 12.7. The minimum atomic E-state index is 0.129. The van der Waals surface area contributed by atoms with Crippen LogP contribution in [0.1, 0.15) is 43.1 Å². The lowest BCUT2D eigenvalue weighted by atomic mass is 9.87. The molecule has 0 saturated carbocycles. The van der Waals surface area contributed by atoms with Crippen LogP contribution in [0.25, 0.3) is 0 Å². The molecule has 1 heterocycles. The molecule has 0 aliphatic carbocycles. The van der Waals surface area contributed by atoms with E-state index in [1.165, 1.54) is 11.3 Å². The molecule has 0 fully saturated rings. The third kappa shape index (κ3) is 3.28. The van der Waals surface area contributed by atoms with Gasteiger partial charge in [-0.05, 0) is 37.8 Å². The standard InChI is InChI=1S/C17H25N3/c1-4-16(14-9-7-6-8-10-14)17(18)12-15-11-13(3)19-20(15)5-2/h6-11,16-17H,4-5,12,18H2,1-3H3. The first kappa shape index (κ1) is 14.8. The summed E-state index contributed by atoms with van der Waals surface area (Å²) < 4.78 is 2.06. The van der Waals surface area contributed by atoms with Crippen LogP contribution in [0.4, 0.5) is 0 Å². The molecule has 20 heavy (non-hydrogen) atoms. The smallest absolute Gasteiger partial charge is 0.0596 e. The molecular weight excluding hydrogens is 246 g/mol. The number of nitrogens with zero attached hydrogens (tertiary/aromatic N) is 2. The Morgan fingerprint density at radius 2 is 1.90 bits per heavy atom. The van der Waals surface area contributed by atoms with Crippen LogP contribution in [0.3, 0.4) is 0 Å². The summed E-state index contributed by atoms with van der Waals surface area (Å²) in [5, 5.41) is 4.50. The van der Waals surface area contributed by atoms with Crippen molar-refractivity contribution in [3.8, 4) is 0 Å². The van der Waals surface area contributed by atoms with Crippen molar-refractivity contribution in [2.24, 2.45) is 5.73 Å². The Labute approximate surface area is 121 Å². The fraction of sp³-hybridized carbons (Fsp3) is 0.471. The van der Waals surface area contributed by atoms with Gasteiger partial charge >= 0.3 is 0 Å². The topological polar surface area (TPSA) is 43.8 Å². The predicted molar refractivity (Wildman–Crippen MR) is 83.8 cm³/mol. The van der Waals surface area contributed by atoms with Gasteiger partial charge in [-0.25, -0.2) is 0 Å². The first-order valence-corrected chi connectivity index (χ1v) is 7.49. The van der Waals surface area contributed by atoms with Gasteiger partial charge in [0.1, 0.15) is 0 Å². The van der Waals surface area contributed by atoms with Crippen molar-refractivity contribution in [3.05, 3.63) is 53.3 Å². The molecule has 0 spiro atoms. The van der Waals surface area contributed by atoms with Gasteiger partial charge in [-0.2, -0.15) is 5.10 Å². The van der Waals surface area contributed by atoms with Gasteiger partial charge in [0.2, 0.25) is 0 Å². The van der Waals surface area contributed by atoms with E-state index in [9.17, 15) is 0 Å². The van der Waals surface area contributed by atoms with Crippen LogP contribution in [-0.4, -0.2) is 15.8 Å². The third-order valence-electron chi connectivity index (χ3n) is 3.91. The van der Waals surface area contributed by atoms with Crippen molar-refractivity contribution in [1.29, 1.82) is 0 Å². The van der Waals surface area contributed by atoms with Crippen LogP contribution < -0.4 is 5.73 Å². The summed E-state index contributed by atoms with van der Waals surface area (Å²) in [4.78, 5) is 0. The first-order chi connectivity index (χ1) is 9.65. The van der Waals surface area contributed by atoms with Gasteiger partial charge in [-0.3, -0.25) is 4.68 Å². The average molecular weight is 271 g/mol. The van der Waals surface area contributed by atoms with E-state index in [4.69, 9.17) is 5.73 Å². The molecule has 3 heteroatoms. The Hall–Kier alpha value is -1.61. The number of aromatic nitrogens is 2. The zero-order valence-corrected chi connectivity index (χ0v) is 12.7. The fourth-order valence-electron chi connectivity index (χ4n) is 2.91. The largest absolute Gasteiger partial charge is 0.327 e. The van der Waals surface area contributed by atoms with Gasteiger partial charge in [0.05, 0.1) is 5.69 Å². The maximum atomic E-state index is 6.48. The summed E-state index contributed by atoms with van der Waals surface area (Å²) in [6.07, 6.45) is 1.94. The van der Waals surface area contributed by atoms with Gasteiger partial charge in [0.15, 0.2) is 0 Å². The summed E-state index contributed by atoms with van der Waals surface area (Å²) in [6.45, 7) is 7.27. The normalized spacial score (nSPS) is 14.2. The minimum absolute atomic E-state index is 0.129. The number of hydrogen-bond acceptors (Lipinski definition) is 2. The lowest BCUT2D eigenvalue weighted by Gasteiger charge is -2.23. The van der Waals surface area contributed by atoms with E-state index >= 15 is 0 Å². The summed E-state index contributed by atoms with van der Waals surface area (Å²) in [5.74, 6) is 0.400. The highest BCUT2D eigenvalue weighted by molar-refractivity contribution is 5.22. The SMILES string of the molecule is CCC(c1ccccc1)C(N)Cc1cc(C)nn1CC. The summed E-state index contributed by atoms with van der Waals surface area (Å²) in [5.41, 5.74) is 10.1. The van der Waals surface area contributed by atoms with E-state index in [1.807, 2.05) is 6.92 Å². The molecular formula is C17H25N3. The molecule has 2 rings (SSSR count). The van der Waals surface area contributed by atoms with E-state index in [0.29, 0.717) is 5.92 Å². The summed E-state index contributed by atoms with van der Waals surface area (Å²) in [7, 11) is 0. The van der Waals surface area contributed by atoms with E-state index in [0.717, 1.165) is 25.1 Å². The van der Waals surface area contributed by atoms with Crippen molar-refractivity contribution >= 4 is 0 Å². The molecule has 0 bridgehead atoms. The molecule has 0 aliphatic rings. The van der Waals surface area contributed by atoms with E-state index in [1.54, 1.807) is 0 Å². The second kappa shape index (κ2) is 6.71. The van der Waals surface area contributed by atoms with E-state index < -0.39 is 0 Å². The fourth-order valence-corrected chi connectivity index (χ4v) is 2.91. The van der Waals surface area contributed by atoms with E-state index in [-0.39, 0.29) is 6.04 Å². The van der Waals surface area contributed by atoms with Gasteiger partial charge in [-0.15, -0.1) is 0 Å². The summed E-state index contributed by atoms with van der Waals surface area (Å²) in [6, 6.07) is 12.9. The van der Waals surface area contributed by atoms with Crippen molar-refractivity contribution < 1.29 is 0 Å². The van der Waals surface area contributed by atoms with Crippen LogP contribution in [-0.2, 0) is 13.0 Å². The molecule has 2 atom stereocenters. The zero-order chi connectivity index (χ0) is 14.5.